The molecule has 2 heterocycles. The minimum atomic E-state index is -3.50. The van der Waals surface area contributed by atoms with E-state index in [0.29, 0.717) is 48.1 Å². The molecular formula is C20H24Cl2N2O4S2. The minimum Gasteiger partial charge on any atom is -0.468 e. The molecule has 0 bridgehead atoms. The number of furan rings is 1. The number of hydrogen-bond donors (Lipinski definition) is 1. The molecule has 0 atom stereocenters. The molecule has 1 saturated heterocycles. The summed E-state index contributed by atoms with van der Waals surface area (Å²) in [7, 11) is -3.50. The Balaban J connectivity index is 1.40. The van der Waals surface area contributed by atoms with Gasteiger partial charge in [0, 0.05) is 41.4 Å². The van der Waals surface area contributed by atoms with Crippen LogP contribution in [0, 0.1) is 5.92 Å². The van der Waals surface area contributed by atoms with Gasteiger partial charge in [-0.2, -0.15) is 11.8 Å². The van der Waals surface area contributed by atoms with Crippen LogP contribution in [0.15, 0.2) is 41.0 Å². The number of nitrogens with zero attached hydrogens (tertiary/aromatic N) is 1. The number of thioether (sulfide) groups is 1. The molecule has 1 aromatic heterocycles. The van der Waals surface area contributed by atoms with Crippen molar-refractivity contribution >= 4 is 50.9 Å². The van der Waals surface area contributed by atoms with Crippen LogP contribution in [0.25, 0.3) is 0 Å². The summed E-state index contributed by atoms with van der Waals surface area (Å²) >= 11 is 13.7. The standard InChI is InChI=1S/C20H24Cl2N2O4S2/c21-17-4-3-16(19(22)12-17)14-30(26,27)24-8-5-15(6-9-24)20(25)23-7-11-29-13-18-2-1-10-28-18/h1-4,10,12,15H,5-9,11,13-14H2,(H,23,25). The lowest BCUT2D eigenvalue weighted by atomic mass is 9.97. The third kappa shape index (κ3) is 6.65. The first-order valence-corrected chi connectivity index (χ1v) is 13.2. The molecule has 1 N–H and O–H groups in total. The first kappa shape index (κ1) is 23.5. The molecule has 0 radical (unpaired) electrons. The van der Waals surface area contributed by atoms with E-state index in [1.54, 1.807) is 30.2 Å². The number of rotatable bonds is 9. The van der Waals surface area contributed by atoms with Crippen molar-refractivity contribution < 1.29 is 17.6 Å². The van der Waals surface area contributed by atoms with Gasteiger partial charge in [0.1, 0.15) is 5.76 Å². The first-order chi connectivity index (χ1) is 14.3. The summed E-state index contributed by atoms with van der Waals surface area (Å²) in [5.74, 6) is 2.14. The van der Waals surface area contributed by atoms with Crippen LogP contribution in [0.5, 0.6) is 0 Å². The van der Waals surface area contributed by atoms with Crippen LogP contribution < -0.4 is 5.32 Å². The number of hydrogen-bond acceptors (Lipinski definition) is 5. The Bertz CT molecular complexity index is 944. The maximum atomic E-state index is 12.7. The molecule has 0 spiro atoms. The second-order valence-corrected chi connectivity index (χ2v) is 11.0. The molecule has 164 valence electrons. The number of carbonyl (C=O) groups is 1. The van der Waals surface area contributed by atoms with Gasteiger partial charge in [0.15, 0.2) is 0 Å². The van der Waals surface area contributed by atoms with E-state index >= 15 is 0 Å². The average molecular weight is 491 g/mol. The Morgan fingerprint density at radius 3 is 2.67 bits per heavy atom. The van der Waals surface area contributed by atoms with Crippen LogP contribution in [-0.4, -0.2) is 44.0 Å². The highest BCUT2D eigenvalue weighted by Gasteiger charge is 2.31. The highest BCUT2D eigenvalue weighted by Crippen LogP contribution is 2.26. The van der Waals surface area contributed by atoms with E-state index in [0.717, 1.165) is 17.3 Å². The van der Waals surface area contributed by atoms with Gasteiger partial charge in [-0.05, 0) is 42.7 Å². The van der Waals surface area contributed by atoms with Crippen LogP contribution in [-0.2, 0) is 26.3 Å². The maximum absolute atomic E-state index is 12.7. The minimum absolute atomic E-state index is 0.00797. The number of sulfonamides is 1. The number of halogens is 2. The van der Waals surface area contributed by atoms with Gasteiger partial charge >= 0.3 is 0 Å². The van der Waals surface area contributed by atoms with Crippen LogP contribution in [0.4, 0.5) is 0 Å². The number of piperidine rings is 1. The summed E-state index contributed by atoms with van der Waals surface area (Å²) in [5.41, 5.74) is 0.521. The Morgan fingerprint density at radius 1 is 1.23 bits per heavy atom. The molecule has 30 heavy (non-hydrogen) atoms. The summed E-state index contributed by atoms with van der Waals surface area (Å²) in [5, 5.41) is 3.75. The van der Waals surface area contributed by atoms with Crippen LogP contribution in [0.1, 0.15) is 24.2 Å². The molecule has 6 nitrogen and oxygen atoms in total. The van der Waals surface area contributed by atoms with E-state index in [4.69, 9.17) is 27.6 Å². The zero-order valence-electron chi connectivity index (χ0n) is 16.4. The quantitative estimate of drug-likeness (QED) is 0.533. The van der Waals surface area contributed by atoms with Crippen LogP contribution >= 0.6 is 35.0 Å². The third-order valence-corrected chi connectivity index (χ3v) is 8.34. The highest BCUT2D eigenvalue weighted by molar-refractivity contribution is 7.98. The Labute approximate surface area is 191 Å². The lowest BCUT2D eigenvalue weighted by Crippen LogP contribution is -2.43. The molecule has 1 fully saturated rings. The first-order valence-electron chi connectivity index (χ1n) is 9.65. The molecule has 0 saturated carbocycles. The van der Waals surface area contributed by atoms with Gasteiger partial charge in [-0.25, -0.2) is 12.7 Å². The molecule has 3 rings (SSSR count). The van der Waals surface area contributed by atoms with Crippen LogP contribution in [0.2, 0.25) is 10.0 Å². The highest BCUT2D eigenvalue weighted by atomic mass is 35.5. The van der Waals surface area contributed by atoms with Gasteiger partial charge in [0.25, 0.3) is 0 Å². The van der Waals surface area contributed by atoms with Crippen molar-refractivity contribution in [2.45, 2.75) is 24.3 Å². The number of nitrogens with one attached hydrogen (secondary N) is 1. The molecule has 10 heteroatoms. The van der Waals surface area contributed by atoms with Crippen molar-refractivity contribution in [2.75, 3.05) is 25.4 Å². The van der Waals surface area contributed by atoms with E-state index in [2.05, 4.69) is 5.32 Å². The SMILES string of the molecule is O=C(NCCSCc1ccco1)C1CCN(S(=O)(=O)Cc2ccc(Cl)cc2Cl)CC1. The van der Waals surface area contributed by atoms with Gasteiger partial charge in [-0.15, -0.1) is 0 Å². The molecule has 1 aromatic carbocycles. The second-order valence-electron chi connectivity index (χ2n) is 7.09. The molecule has 0 unspecified atom stereocenters. The fourth-order valence-corrected chi connectivity index (χ4v) is 6.19. The summed E-state index contributed by atoms with van der Waals surface area (Å²) in [6.45, 7) is 1.25. The normalized spacial score (nSPS) is 15.9. The fourth-order valence-electron chi connectivity index (χ4n) is 3.28. The molecule has 2 aromatic rings. The van der Waals surface area contributed by atoms with Gasteiger partial charge in [-0.1, -0.05) is 29.3 Å². The second kappa shape index (κ2) is 10.9. The van der Waals surface area contributed by atoms with Crippen molar-refractivity contribution in [3.8, 4) is 0 Å². The number of amides is 1. The van der Waals surface area contributed by atoms with Crippen molar-refractivity contribution in [1.82, 2.24) is 9.62 Å². The van der Waals surface area contributed by atoms with Gasteiger partial charge in [0.05, 0.1) is 17.8 Å². The molecule has 0 aliphatic carbocycles. The van der Waals surface area contributed by atoms with E-state index in [9.17, 15) is 13.2 Å². The van der Waals surface area contributed by atoms with E-state index in [1.807, 2.05) is 12.1 Å². The van der Waals surface area contributed by atoms with E-state index < -0.39 is 10.0 Å². The number of carbonyl (C=O) groups excluding carboxylic acids is 1. The predicted octanol–water partition coefficient (Wildman–Crippen LogP) is 4.18. The summed E-state index contributed by atoms with van der Waals surface area (Å²) < 4.78 is 32.2. The number of benzene rings is 1. The lowest BCUT2D eigenvalue weighted by molar-refractivity contribution is -0.125. The molecular weight excluding hydrogens is 467 g/mol. The van der Waals surface area contributed by atoms with Gasteiger partial charge in [-0.3, -0.25) is 4.79 Å². The maximum Gasteiger partial charge on any atom is 0.223 e. The largest absolute Gasteiger partial charge is 0.468 e. The fraction of sp³-hybridized carbons (Fsp3) is 0.450. The topological polar surface area (TPSA) is 79.6 Å². The smallest absolute Gasteiger partial charge is 0.223 e. The molecule has 1 amide bonds. The summed E-state index contributed by atoms with van der Waals surface area (Å²) in [6, 6.07) is 8.58. The Kier molecular flexibility index (Phi) is 8.53. The monoisotopic (exact) mass is 490 g/mol. The van der Waals surface area contributed by atoms with Crippen molar-refractivity contribution in [3.05, 3.63) is 58.0 Å². The Morgan fingerprint density at radius 2 is 2.00 bits per heavy atom. The zero-order valence-corrected chi connectivity index (χ0v) is 19.5. The summed E-state index contributed by atoms with van der Waals surface area (Å²) in [4.78, 5) is 12.4. The molecule has 1 aliphatic heterocycles. The van der Waals surface area contributed by atoms with Crippen LogP contribution in [0.3, 0.4) is 0 Å². The van der Waals surface area contributed by atoms with E-state index in [1.165, 1.54) is 10.4 Å². The lowest BCUT2D eigenvalue weighted by Gasteiger charge is -2.30. The van der Waals surface area contributed by atoms with Gasteiger partial charge < -0.3 is 9.73 Å². The summed E-state index contributed by atoms with van der Waals surface area (Å²) in [6.07, 6.45) is 2.67. The average Bonchev–Trinajstić information content (AvgIpc) is 3.23. The van der Waals surface area contributed by atoms with Crippen molar-refractivity contribution in [2.24, 2.45) is 5.92 Å². The zero-order chi connectivity index (χ0) is 21.6. The predicted molar refractivity (Wildman–Crippen MR) is 121 cm³/mol. The molecule has 1 aliphatic rings. The van der Waals surface area contributed by atoms with E-state index in [-0.39, 0.29) is 17.6 Å². The van der Waals surface area contributed by atoms with Gasteiger partial charge in [0.2, 0.25) is 15.9 Å². The third-order valence-electron chi connectivity index (χ3n) is 4.94. The Hall–Kier alpha value is -1.19. The van der Waals surface area contributed by atoms with Crippen molar-refractivity contribution in [1.29, 1.82) is 0 Å². The van der Waals surface area contributed by atoms with Crippen molar-refractivity contribution in [3.63, 3.8) is 0 Å².